The molecule has 2 rings (SSSR count). The first-order chi connectivity index (χ1) is 9.22. The minimum Gasteiger partial charge on any atom is -0.487 e. The van der Waals surface area contributed by atoms with Gasteiger partial charge in [0.1, 0.15) is 12.4 Å². The number of hydrogen-bond donors (Lipinski definition) is 1. The SMILES string of the molecule is CNCc1cccc(Cl)c1OCc1ccccc1Br. The lowest BCUT2D eigenvalue weighted by Crippen LogP contribution is -2.08. The van der Waals surface area contributed by atoms with Crippen LogP contribution in [0.25, 0.3) is 0 Å². The smallest absolute Gasteiger partial charge is 0.142 e. The third kappa shape index (κ3) is 3.72. The van der Waals surface area contributed by atoms with E-state index in [2.05, 4.69) is 21.2 Å². The van der Waals surface area contributed by atoms with Crippen LogP contribution in [0.4, 0.5) is 0 Å². The summed E-state index contributed by atoms with van der Waals surface area (Å²) in [6.45, 7) is 1.22. The fraction of sp³-hybridized carbons (Fsp3) is 0.200. The average molecular weight is 341 g/mol. The normalized spacial score (nSPS) is 10.5. The van der Waals surface area contributed by atoms with Gasteiger partial charge in [0.05, 0.1) is 5.02 Å². The van der Waals surface area contributed by atoms with E-state index in [4.69, 9.17) is 16.3 Å². The van der Waals surface area contributed by atoms with E-state index in [0.717, 1.165) is 27.9 Å². The highest BCUT2D eigenvalue weighted by molar-refractivity contribution is 9.10. The van der Waals surface area contributed by atoms with Gasteiger partial charge in [-0.3, -0.25) is 0 Å². The zero-order valence-electron chi connectivity index (χ0n) is 10.6. The highest BCUT2D eigenvalue weighted by Gasteiger charge is 2.09. The van der Waals surface area contributed by atoms with Gasteiger partial charge < -0.3 is 10.1 Å². The van der Waals surface area contributed by atoms with Crippen molar-refractivity contribution in [1.82, 2.24) is 5.32 Å². The first-order valence-corrected chi connectivity index (χ1v) is 7.17. The highest BCUT2D eigenvalue weighted by Crippen LogP contribution is 2.30. The minimum absolute atomic E-state index is 0.488. The van der Waals surface area contributed by atoms with Gasteiger partial charge in [0, 0.05) is 22.1 Å². The van der Waals surface area contributed by atoms with Crippen LogP contribution in [-0.4, -0.2) is 7.05 Å². The van der Waals surface area contributed by atoms with E-state index < -0.39 is 0 Å². The summed E-state index contributed by atoms with van der Waals surface area (Å²) in [7, 11) is 1.90. The third-order valence-corrected chi connectivity index (χ3v) is 3.82. The van der Waals surface area contributed by atoms with Crippen LogP contribution in [0.2, 0.25) is 5.02 Å². The molecule has 1 N–H and O–H groups in total. The number of halogens is 2. The molecule has 0 unspecified atom stereocenters. The Labute approximate surface area is 126 Å². The number of benzene rings is 2. The lowest BCUT2D eigenvalue weighted by Gasteiger charge is -2.13. The monoisotopic (exact) mass is 339 g/mol. The Kier molecular flexibility index (Phi) is 5.25. The Bertz CT molecular complexity index is 560. The molecule has 0 atom stereocenters. The van der Waals surface area contributed by atoms with Gasteiger partial charge in [-0.15, -0.1) is 0 Å². The molecule has 100 valence electrons. The molecule has 0 spiro atoms. The Balaban J connectivity index is 2.17. The summed E-state index contributed by atoms with van der Waals surface area (Å²) in [5.74, 6) is 0.745. The fourth-order valence-electron chi connectivity index (χ4n) is 1.81. The van der Waals surface area contributed by atoms with Gasteiger partial charge in [0.25, 0.3) is 0 Å². The van der Waals surface area contributed by atoms with Gasteiger partial charge in [-0.2, -0.15) is 0 Å². The molecule has 0 saturated heterocycles. The fourth-order valence-corrected chi connectivity index (χ4v) is 2.46. The van der Waals surface area contributed by atoms with E-state index in [1.165, 1.54) is 0 Å². The second-order valence-electron chi connectivity index (χ2n) is 4.14. The van der Waals surface area contributed by atoms with Gasteiger partial charge in [-0.1, -0.05) is 57.9 Å². The molecular weight excluding hydrogens is 326 g/mol. The predicted molar refractivity (Wildman–Crippen MR) is 82.7 cm³/mol. The number of rotatable bonds is 5. The summed E-state index contributed by atoms with van der Waals surface area (Å²) in [5, 5.41) is 3.75. The van der Waals surface area contributed by atoms with E-state index in [-0.39, 0.29) is 0 Å². The van der Waals surface area contributed by atoms with Crippen LogP contribution >= 0.6 is 27.5 Å². The summed E-state index contributed by atoms with van der Waals surface area (Å²) in [4.78, 5) is 0. The molecule has 0 heterocycles. The lowest BCUT2D eigenvalue weighted by molar-refractivity contribution is 0.302. The van der Waals surface area contributed by atoms with Crippen molar-refractivity contribution in [3.63, 3.8) is 0 Å². The molecule has 0 aliphatic carbocycles. The van der Waals surface area contributed by atoms with Crippen molar-refractivity contribution < 1.29 is 4.74 Å². The van der Waals surface area contributed by atoms with E-state index >= 15 is 0 Å². The first kappa shape index (κ1) is 14.4. The predicted octanol–water partition coefficient (Wildman–Crippen LogP) is 4.40. The second kappa shape index (κ2) is 6.94. The Hall–Kier alpha value is -1.03. The Morgan fingerprint density at radius 3 is 2.58 bits per heavy atom. The third-order valence-electron chi connectivity index (χ3n) is 2.75. The Morgan fingerprint density at radius 2 is 1.84 bits per heavy atom. The molecule has 2 nitrogen and oxygen atoms in total. The van der Waals surface area contributed by atoms with Crippen molar-refractivity contribution in [2.45, 2.75) is 13.2 Å². The molecular formula is C15H15BrClNO. The largest absolute Gasteiger partial charge is 0.487 e. The zero-order valence-corrected chi connectivity index (χ0v) is 13.0. The molecule has 0 radical (unpaired) electrons. The highest BCUT2D eigenvalue weighted by atomic mass is 79.9. The number of hydrogen-bond acceptors (Lipinski definition) is 2. The molecule has 19 heavy (non-hydrogen) atoms. The number of nitrogens with one attached hydrogen (secondary N) is 1. The maximum Gasteiger partial charge on any atom is 0.142 e. The van der Waals surface area contributed by atoms with Gasteiger partial charge in [0.2, 0.25) is 0 Å². The van der Waals surface area contributed by atoms with Crippen LogP contribution in [0.3, 0.4) is 0 Å². The lowest BCUT2D eigenvalue weighted by atomic mass is 10.2. The molecule has 2 aromatic carbocycles. The van der Waals surface area contributed by atoms with E-state index in [1.54, 1.807) is 0 Å². The maximum atomic E-state index is 6.21. The zero-order chi connectivity index (χ0) is 13.7. The molecule has 2 aromatic rings. The van der Waals surface area contributed by atoms with Gasteiger partial charge in [-0.05, 0) is 19.2 Å². The molecule has 0 aliphatic rings. The second-order valence-corrected chi connectivity index (χ2v) is 5.40. The topological polar surface area (TPSA) is 21.3 Å². The minimum atomic E-state index is 0.488. The van der Waals surface area contributed by atoms with Crippen molar-refractivity contribution in [2.24, 2.45) is 0 Å². The van der Waals surface area contributed by atoms with Crippen molar-refractivity contribution in [3.8, 4) is 5.75 Å². The molecule has 0 aliphatic heterocycles. The van der Waals surface area contributed by atoms with Crippen LogP contribution in [0, 0.1) is 0 Å². The van der Waals surface area contributed by atoms with Gasteiger partial charge in [0.15, 0.2) is 0 Å². The van der Waals surface area contributed by atoms with Crippen molar-refractivity contribution in [1.29, 1.82) is 0 Å². The van der Waals surface area contributed by atoms with Crippen LogP contribution in [0.15, 0.2) is 46.9 Å². The van der Waals surface area contributed by atoms with E-state index in [9.17, 15) is 0 Å². The van der Waals surface area contributed by atoms with Crippen molar-refractivity contribution in [2.75, 3.05) is 7.05 Å². The van der Waals surface area contributed by atoms with Crippen LogP contribution in [0.1, 0.15) is 11.1 Å². The summed E-state index contributed by atoms with van der Waals surface area (Å²) in [5.41, 5.74) is 2.15. The van der Waals surface area contributed by atoms with Crippen molar-refractivity contribution in [3.05, 3.63) is 63.1 Å². The van der Waals surface area contributed by atoms with Crippen LogP contribution < -0.4 is 10.1 Å². The van der Waals surface area contributed by atoms with Gasteiger partial charge >= 0.3 is 0 Å². The van der Waals surface area contributed by atoms with E-state index in [1.807, 2.05) is 49.5 Å². The number of para-hydroxylation sites is 1. The average Bonchev–Trinajstić information content (AvgIpc) is 2.40. The summed E-state index contributed by atoms with van der Waals surface area (Å²) in [6.07, 6.45) is 0. The Morgan fingerprint density at radius 1 is 1.11 bits per heavy atom. The molecule has 0 saturated carbocycles. The summed E-state index contributed by atoms with van der Waals surface area (Å²) >= 11 is 9.72. The maximum absolute atomic E-state index is 6.21. The van der Waals surface area contributed by atoms with E-state index in [0.29, 0.717) is 11.6 Å². The van der Waals surface area contributed by atoms with Gasteiger partial charge in [-0.25, -0.2) is 0 Å². The van der Waals surface area contributed by atoms with Crippen LogP contribution in [0.5, 0.6) is 5.75 Å². The molecule has 0 fully saturated rings. The van der Waals surface area contributed by atoms with Crippen LogP contribution in [-0.2, 0) is 13.2 Å². The summed E-state index contributed by atoms with van der Waals surface area (Å²) < 4.78 is 6.92. The first-order valence-electron chi connectivity index (χ1n) is 6.00. The quantitative estimate of drug-likeness (QED) is 0.871. The molecule has 4 heteroatoms. The molecule has 0 amide bonds. The standard InChI is InChI=1S/C15H15BrClNO/c1-18-9-11-6-4-8-14(17)15(11)19-10-12-5-2-3-7-13(12)16/h2-8,18H,9-10H2,1H3. The van der Waals surface area contributed by atoms with Crippen molar-refractivity contribution >= 4 is 27.5 Å². The number of ether oxygens (including phenoxy) is 1. The molecule has 0 bridgehead atoms. The summed E-state index contributed by atoms with van der Waals surface area (Å²) in [6, 6.07) is 13.8. The molecule has 0 aromatic heterocycles.